The summed E-state index contributed by atoms with van der Waals surface area (Å²) in [5.41, 5.74) is -3.25. The van der Waals surface area contributed by atoms with E-state index in [1.165, 1.54) is 0 Å². The fraction of sp³-hybridized carbons (Fsp3) is 0.350. The van der Waals surface area contributed by atoms with Crippen LogP contribution in [0.4, 0.5) is 18.9 Å². The predicted molar refractivity (Wildman–Crippen MR) is 117 cm³/mol. The first kappa shape index (κ1) is 27.1. The SMILES string of the molecule is O=C(OCc1ccccc1)c1c(Cl)ccc(N(CCC(F)S(=O)(=O)CCCF)S(=O)[O-])c1F. The molecule has 0 heterocycles. The molecule has 0 aliphatic rings. The lowest BCUT2D eigenvalue weighted by atomic mass is 10.1. The number of sulfone groups is 1. The zero-order valence-electron chi connectivity index (χ0n) is 17.1. The minimum Gasteiger partial charge on any atom is -0.755 e. The van der Waals surface area contributed by atoms with E-state index < -0.39 is 81.5 Å². The topological polar surface area (TPSA) is 104 Å². The molecule has 0 saturated carbocycles. The number of carbonyl (C=O) groups excluding carboxylic acids is 1. The molecule has 0 spiro atoms. The highest BCUT2D eigenvalue weighted by Crippen LogP contribution is 2.30. The number of rotatable bonds is 12. The first-order valence-electron chi connectivity index (χ1n) is 9.56. The second kappa shape index (κ2) is 12.4. The number of ether oxygens (including phenoxy) is 1. The molecule has 13 heteroatoms. The number of esters is 1. The van der Waals surface area contributed by atoms with Crippen LogP contribution in [0.25, 0.3) is 0 Å². The normalized spacial score (nSPS) is 13.4. The minimum absolute atomic E-state index is 0.197. The van der Waals surface area contributed by atoms with Gasteiger partial charge in [0.2, 0.25) is 5.50 Å². The van der Waals surface area contributed by atoms with E-state index in [1.807, 2.05) is 0 Å². The van der Waals surface area contributed by atoms with E-state index in [9.17, 15) is 30.8 Å². The number of benzene rings is 2. The molecule has 0 saturated heterocycles. The summed E-state index contributed by atoms with van der Waals surface area (Å²) in [5.74, 6) is -3.24. The van der Waals surface area contributed by atoms with Crippen molar-refractivity contribution in [3.05, 3.63) is 64.4 Å². The summed E-state index contributed by atoms with van der Waals surface area (Å²) in [6.45, 7) is -1.91. The highest BCUT2D eigenvalue weighted by Gasteiger charge is 2.28. The average Bonchev–Trinajstić information content (AvgIpc) is 2.78. The highest BCUT2D eigenvalue weighted by molar-refractivity contribution is 7.91. The van der Waals surface area contributed by atoms with Crippen LogP contribution in [0.2, 0.25) is 5.02 Å². The van der Waals surface area contributed by atoms with Gasteiger partial charge >= 0.3 is 5.97 Å². The molecule has 33 heavy (non-hydrogen) atoms. The molecule has 0 bridgehead atoms. The van der Waals surface area contributed by atoms with E-state index in [0.29, 0.717) is 9.87 Å². The fourth-order valence-corrected chi connectivity index (χ4v) is 4.78. The maximum Gasteiger partial charge on any atom is 0.343 e. The van der Waals surface area contributed by atoms with Crippen molar-refractivity contribution in [2.75, 3.05) is 23.3 Å². The van der Waals surface area contributed by atoms with Gasteiger partial charge < -0.3 is 9.29 Å². The lowest BCUT2D eigenvalue weighted by molar-refractivity contribution is 0.0467. The van der Waals surface area contributed by atoms with Gasteiger partial charge in [0.15, 0.2) is 15.7 Å². The van der Waals surface area contributed by atoms with E-state index in [-0.39, 0.29) is 11.6 Å². The second-order valence-corrected chi connectivity index (χ2v) is 10.3. The quantitative estimate of drug-likeness (QED) is 0.307. The third kappa shape index (κ3) is 7.42. The third-order valence-electron chi connectivity index (χ3n) is 4.45. The zero-order chi connectivity index (χ0) is 24.6. The summed E-state index contributed by atoms with van der Waals surface area (Å²) in [7, 11) is -4.32. The molecule has 182 valence electrons. The largest absolute Gasteiger partial charge is 0.755 e. The molecule has 2 unspecified atom stereocenters. The van der Waals surface area contributed by atoms with Crippen LogP contribution >= 0.6 is 11.6 Å². The van der Waals surface area contributed by atoms with Crippen molar-refractivity contribution < 1.29 is 39.9 Å². The number of hydrogen-bond acceptors (Lipinski definition) is 6. The van der Waals surface area contributed by atoms with Crippen molar-refractivity contribution >= 4 is 44.4 Å². The van der Waals surface area contributed by atoms with E-state index in [2.05, 4.69) is 0 Å². The van der Waals surface area contributed by atoms with Gasteiger partial charge in [-0.15, -0.1) is 0 Å². The van der Waals surface area contributed by atoms with Gasteiger partial charge in [0.25, 0.3) is 0 Å². The Morgan fingerprint density at radius 1 is 1.21 bits per heavy atom. The molecule has 0 aliphatic heterocycles. The minimum atomic E-state index is -4.32. The second-order valence-electron chi connectivity index (χ2n) is 6.74. The molecule has 2 aromatic rings. The van der Waals surface area contributed by atoms with Gasteiger partial charge in [-0.1, -0.05) is 41.9 Å². The number of halogens is 4. The van der Waals surface area contributed by atoms with Crippen molar-refractivity contribution in [2.24, 2.45) is 0 Å². The van der Waals surface area contributed by atoms with Crippen molar-refractivity contribution in [1.82, 2.24) is 0 Å². The van der Waals surface area contributed by atoms with Crippen molar-refractivity contribution in [1.29, 1.82) is 0 Å². The molecular weight excluding hydrogens is 507 g/mol. The van der Waals surface area contributed by atoms with Crippen LogP contribution in [0, 0.1) is 5.82 Å². The van der Waals surface area contributed by atoms with E-state index in [1.54, 1.807) is 30.3 Å². The van der Waals surface area contributed by atoms with Crippen molar-refractivity contribution in [3.8, 4) is 0 Å². The zero-order valence-corrected chi connectivity index (χ0v) is 19.5. The Bertz CT molecular complexity index is 1090. The smallest absolute Gasteiger partial charge is 0.343 e. The van der Waals surface area contributed by atoms with Crippen LogP contribution in [0.5, 0.6) is 0 Å². The molecule has 2 aromatic carbocycles. The van der Waals surface area contributed by atoms with Crippen LogP contribution in [-0.4, -0.2) is 47.6 Å². The van der Waals surface area contributed by atoms with Crippen LogP contribution < -0.4 is 4.31 Å². The molecule has 0 amide bonds. The Morgan fingerprint density at radius 2 is 1.88 bits per heavy atom. The molecule has 0 aromatic heterocycles. The number of anilines is 1. The summed E-state index contributed by atoms with van der Waals surface area (Å²) in [5, 5.41) is -0.344. The molecule has 0 fully saturated rings. The van der Waals surface area contributed by atoms with Crippen molar-refractivity contribution in [3.63, 3.8) is 0 Å². The summed E-state index contributed by atoms with van der Waals surface area (Å²) < 4.78 is 93.7. The Balaban J connectivity index is 2.22. The first-order chi connectivity index (χ1) is 15.6. The van der Waals surface area contributed by atoms with E-state index in [4.69, 9.17) is 16.3 Å². The van der Waals surface area contributed by atoms with Gasteiger partial charge in [-0.3, -0.25) is 12.9 Å². The molecule has 2 rings (SSSR count). The molecule has 0 N–H and O–H groups in total. The summed E-state index contributed by atoms with van der Waals surface area (Å²) in [4.78, 5) is 12.4. The van der Waals surface area contributed by atoms with Crippen molar-refractivity contribution in [2.45, 2.75) is 25.0 Å². The van der Waals surface area contributed by atoms with Gasteiger partial charge in [0.1, 0.15) is 12.2 Å². The van der Waals surface area contributed by atoms with Crippen LogP contribution in [0.3, 0.4) is 0 Å². The lowest BCUT2D eigenvalue weighted by Gasteiger charge is -2.28. The fourth-order valence-electron chi connectivity index (χ4n) is 2.77. The molecular formula is C20H20ClF3NO6S2-. The Labute approximate surface area is 196 Å². The van der Waals surface area contributed by atoms with Crippen LogP contribution in [0.15, 0.2) is 42.5 Å². The predicted octanol–water partition coefficient (Wildman–Crippen LogP) is 3.90. The van der Waals surface area contributed by atoms with Gasteiger partial charge in [-0.25, -0.2) is 22.0 Å². The first-order valence-corrected chi connectivity index (χ1v) is 12.7. The Morgan fingerprint density at radius 3 is 2.48 bits per heavy atom. The lowest BCUT2D eigenvalue weighted by Crippen LogP contribution is -2.32. The monoisotopic (exact) mass is 526 g/mol. The molecule has 0 aliphatic carbocycles. The maximum absolute atomic E-state index is 15.1. The standard InChI is InChI=1S/C20H21ClF3NO6S2/c21-15-7-8-16(19(24)18(15)20(26)31-13-14-5-2-1-3-6-14)25(32(27)28)11-9-17(23)33(29,30)12-4-10-22/h1-3,5-8,17H,4,9-13H2,(H,27,28)/p-1. The number of alkyl halides is 2. The van der Waals surface area contributed by atoms with E-state index >= 15 is 4.39 Å². The van der Waals surface area contributed by atoms with E-state index in [0.717, 1.165) is 12.1 Å². The van der Waals surface area contributed by atoms with Gasteiger partial charge in [0.05, 0.1) is 23.1 Å². The number of nitrogens with zero attached hydrogens (tertiary/aromatic N) is 1. The van der Waals surface area contributed by atoms with Gasteiger partial charge in [0, 0.05) is 24.2 Å². The number of hydrogen-bond donors (Lipinski definition) is 0. The maximum atomic E-state index is 15.1. The van der Waals surface area contributed by atoms with Gasteiger partial charge in [-0.2, -0.15) is 0 Å². The summed E-state index contributed by atoms with van der Waals surface area (Å²) in [6, 6.07) is 10.5. The third-order valence-corrected chi connectivity index (χ3v) is 7.37. The van der Waals surface area contributed by atoms with Gasteiger partial charge in [-0.05, 0) is 24.1 Å². The molecule has 0 radical (unpaired) electrons. The summed E-state index contributed by atoms with van der Waals surface area (Å²) >= 11 is 2.77. The average molecular weight is 527 g/mol. The highest BCUT2D eigenvalue weighted by atomic mass is 35.5. The van der Waals surface area contributed by atoms with Crippen LogP contribution in [0.1, 0.15) is 28.8 Å². The number of carbonyl (C=O) groups is 1. The molecule has 7 nitrogen and oxygen atoms in total. The van der Waals surface area contributed by atoms with Crippen LogP contribution in [-0.2, 0) is 32.4 Å². The summed E-state index contributed by atoms with van der Waals surface area (Å²) in [6.07, 6.45) is -1.24. The Hall–Kier alpha value is -2.15. The Kier molecular flexibility index (Phi) is 10.1. The molecule has 2 atom stereocenters.